The van der Waals surface area contributed by atoms with Crippen LogP contribution in [0.5, 0.6) is 0 Å². The molecule has 16 heavy (non-hydrogen) atoms. The molecular weight excluding hydrogens is 200 g/mol. The van der Waals surface area contributed by atoms with Gasteiger partial charge >= 0.3 is 0 Å². The van der Waals surface area contributed by atoms with Gasteiger partial charge in [-0.3, -0.25) is 0 Å². The van der Waals surface area contributed by atoms with Crippen molar-refractivity contribution < 1.29 is 0 Å². The average Bonchev–Trinajstić information content (AvgIpc) is 2.34. The number of piperidine rings is 1. The Balaban J connectivity index is 2.09. The summed E-state index contributed by atoms with van der Waals surface area (Å²) in [6, 6.07) is 6.13. The first-order valence-electron chi connectivity index (χ1n) is 5.67. The minimum atomic E-state index is -0.0950. The Kier molecular flexibility index (Phi) is 3.47. The van der Waals surface area contributed by atoms with Gasteiger partial charge < -0.3 is 4.90 Å². The highest BCUT2D eigenvalue weighted by Crippen LogP contribution is 2.30. The molecule has 0 aromatic carbocycles. The van der Waals surface area contributed by atoms with Gasteiger partial charge in [0.1, 0.15) is 0 Å². The first kappa shape index (κ1) is 11.0. The van der Waals surface area contributed by atoms with E-state index in [-0.39, 0.29) is 5.92 Å². The third-order valence-corrected chi connectivity index (χ3v) is 3.29. The molecule has 2 rings (SSSR count). The van der Waals surface area contributed by atoms with E-state index >= 15 is 0 Å². The van der Waals surface area contributed by atoms with Gasteiger partial charge in [-0.25, -0.2) is 0 Å². The summed E-state index contributed by atoms with van der Waals surface area (Å²) < 4.78 is 0. The number of nitriles is 1. The molecule has 4 nitrogen and oxygen atoms in total. The van der Waals surface area contributed by atoms with E-state index < -0.39 is 0 Å². The lowest BCUT2D eigenvalue weighted by molar-refractivity contribution is 0.209. The smallest absolute Gasteiger partial charge is 0.0932 e. The molecule has 0 N–H and O–H groups in total. The number of rotatable bonds is 2. The van der Waals surface area contributed by atoms with Gasteiger partial charge in [0.2, 0.25) is 0 Å². The molecule has 2 heterocycles. The Morgan fingerprint density at radius 1 is 1.50 bits per heavy atom. The molecule has 1 aliphatic rings. The summed E-state index contributed by atoms with van der Waals surface area (Å²) in [6.07, 6.45) is 3.79. The Morgan fingerprint density at radius 2 is 2.25 bits per heavy atom. The van der Waals surface area contributed by atoms with Gasteiger partial charge in [-0.2, -0.15) is 15.5 Å². The second kappa shape index (κ2) is 5.04. The Bertz CT molecular complexity index is 362. The summed E-state index contributed by atoms with van der Waals surface area (Å²) >= 11 is 0. The highest BCUT2D eigenvalue weighted by atomic mass is 15.1. The molecule has 0 bridgehead atoms. The van der Waals surface area contributed by atoms with Crippen LogP contribution >= 0.6 is 0 Å². The van der Waals surface area contributed by atoms with Crippen molar-refractivity contribution in [3.8, 4) is 6.07 Å². The minimum Gasteiger partial charge on any atom is -0.306 e. The standard InChI is InChI=1S/C12H16N4/c1-16-7-4-10(5-8-16)11(9-13)12-3-2-6-14-15-12/h2-3,6,10-11H,4-5,7-8H2,1H3. The van der Waals surface area contributed by atoms with Crippen molar-refractivity contribution in [3.63, 3.8) is 0 Å². The fourth-order valence-electron chi connectivity index (χ4n) is 2.25. The Morgan fingerprint density at radius 3 is 2.81 bits per heavy atom. The predicted molar refractivity (Wildman–Crippen MR) is 60.6 cm³/mol. The maximum atomic E-state index is 9.27. The molecule has 4 heteroatoms. The predicted octanol–water partition coefficient (Wildman–Crippen LogP) is 1.43. The maximum absolute atomic E-state index is 9.27. The summed E-state index contributed by atoms with van der Waals surface area (Å²) in [7, 11) is 2.12. The lowest BCUT2D eigenvalue weighted by Crippen LogP contribution is -2.32. The van der Waals surface area contributed by atoms with Crippen molar-refractivity contribution >= 4 is 0 Å². The van der Waals surface area contributed by atoms with Crippen LogP contribution in [0.1, 0.15) is 24.5 Å². The van der Waals surface area contributed by atoms with Crippen LogP contribution in [-0.2, 0) is 0 Å². The van der Waals surface area contributed by atoms with Crippen molar-refractivity contribution in [1.82, 2.24) is 15.1 Å². The third-order valence-electron chi connectivity index (χ3n) is 3.29. The maximum Gasteiger partial charge on any atom is 0.0932 e. The number of hydrogen-bond acceptors (Lipinski definition) is 4. The summed E-state index contributed by atoms with van der Waals surface area (Å²) in [5, 5.41) is 17.2. The van der Waals surface area contributed by atoms with Gasteiger partial charge in [0.25, 0.3) is 0 Å². The number of nitrogens with zero attached hydrogens (tertiary/aromatic N) is 4. The fraction of sp³-hybridized carbons (Fsp3) is 0.583. The van der Waals surface area contributed by atoms with Crippen LogP contribution in [0.4, 0.5) is 0 Å². The van der Waals surface area contributed by atoms with E-state index in [9.17, 15) is 5.26 Å². The SMILES string of the molecule is CN1CCC(C(C#N)c2cccnn2)CC1. The summed E-state index contributed by atoms with van der Waals surface area (Å²) in [4.78, 5) is 2.31. The lowest BCUT2D eigenvalue weighted by Gasteiger charge is -2.31. The number of hydrogen-bond donors (Lipinski definition) is 0. The summed E-state index contributed by atoms with van der Waals surface area (Å²) in [6.45, 7) is 2.15. The molecular formula is C12H16N4. The quantitative estimate of drug-likeness (QED) is 0.750. The second-order valence-electron chi connectivity index (χ2n) is 4.40. The largest absolute Gasteiger partial charge is 0.306 e. The van der Waals surface area contributed by atoms with E-state index in [1.165, 1.54) is 0 Å². The summed E-state index contributed by atoms with van der Waals surface area (Å²) in [5.74, 6) is 0.334. The van der Waals surface area contributed by atoms with Crippen LogP contribution in [0.2, 0.25) is 0 Å². The first-order valence-corrected chi connectivity index (χ1v) is 5.67. The topological polar surface area (TPSA) is 52.8 Å². The normalized spacial score (nSPS) is 20.2. The van der Waals surface area contributed by atoms with Gasteiger partial charge in [-0.05, 0) is 51.0 Å². The van der Waals surface area contributed by atoms with E-state index in [0.29, 0.717) is 5.92 Å². The van der Waals surface area contributed by atoms with E-state index in [1.807, 2.05) is 12.1 Å². The van der Waals surface area contributed by atoms with Crippen molar-refractivity contribution in [2.45, 2.75) is 18.8 Å². The molecule has 1 aromatic heterocycles. The minimum absolute atomic E-state index is 0.0950. The zero-order chi connectivity index (χ0) is 11.4. The molecule has 1 saturated heterocycles. The zero-order valence-electron chi connectivity index (χ0n) is 9.50. The second-order valence-corrected chi connectivity index (χ2v) is 4.40. The van der Waals surface area contributed by atoms with Gasteiger partial charge in [-0.15, -0.1) is 0 Å². The fourth-order valence-corrected chi connectivity index (χ4v) is 2.25. The molecule has 0 saturated carbocycles. The van der Waals surface area contributed by atoms with Gasteiger partial charge in [0, 0.05) is 6.20 Å². The molecule has 0 spiro atoms. The van der Waals surface area contributed by atoms with Crippen LogP contribution < -0.4 is 0 Å². The van der Waals surface area contributed by atoms with E-state index in [1.54, 1.807) is 6.20 Å². The van der Waals surface area contributed by atoms with Crippen LogP contribution in [0, 0.1) is 17.2 Å². The van der Waals surface area contributed by atoms with Gasteiger partial charge in [0.15, 0.2) is 0 Å². The molecule has 1 aromatic rings. The van der Waals surface area contributed by atoms with Gasteiger partial charge in [0.05, 0.1) is 17.7 Å². The molecule has 1 fully saturated rings. The van der Waals surface area contributed by atoms with E-state index in [2.05, 4.69) is 28.2 Å². The van der Waals surface area contributed by atoms with Crippen LogP contribution in [0.15, 0.2) is 18.3 Å². The average molecular weight is 216 g/mol. The summed E-state index contributed by atoms with van der Waals surface area (Å²) in [5.41, 5.74) is 0.819. The van der Waals surface area contributed by atoms with Crippen LogP contribution in [0.25, 0.3) is 0 Å². The monoisotopic (exact) mass is 216 g/mol. The zero-order valence-corrected chi connectivity index (χ0v) is 9.50. The number of aromatic nitrogens is 2. The molecule has 1 unspecified atom stereocenters. The van der Waals surface area contributed by atoms with Crippen molar-refractivity contribution in [1.29, 1.82) is 5.26 Å². The van der Waals surface area contributed by atoms with E-state index in [4.69, 9.17) is 0 Å². The molecule has 1 atom stereocenters. The van der Waals surface area contributed by atoms with Crippen LogP contribution in [-0.4, -0.2) is 35.2 Å². The lowest BCUT2D eigenvalue weighted by atomic mass is 9.83. The number of likely N-dealkylation sites (tertiary alicyclic amines) is 1. The third kappa shape index (κ3) is 2.37. The van der Waals surface area contributed by atoms with E-state index in [0.717, 1.165) is 31.6 Å². The van der Waals surface area contributed by atoms with Crippen molar-refractivity contribution in [2.24, 2.45) is 5.92 Å². The van der Waals surface area contributed by atoms with Crippen molar-refractivity contribution in [3.05, 3.63) is 24.0 Å². The molecule has 0 aliphatic carbocycles. The van der Waals surface area contributed by atoms with Crippen molar-refractivity contribution in [2.75, 3.05) is 20.1 Å². The highest BCUT2D eigenvalue weighted by Gasteiger charge is 2.27. The van der Waals surface area contributed by atoms with Gasteiger partial charge in [-0.1, -0.05) is 0 Å². The molecule has 0 amide bonds. The molecule has 84 valence electrons. The first-order chi connectivity index (χ1) is 7.81. The molecule has 1 aliphatic heterocycles. The Labute approximate surface area is 95.9 Å². The Hall–Kier alpha value is -1.47. The molecule has 0 radical (unpaired) electrons. The van der Waals surface area contributed by atoms with Crippen LogP contribution in [0.3, 0.4) is 0 Å². The highest BCUT2D eigenvalue weighted by molar-refractivity contribution is 5.16.